The lowest BCUT2D eigenvalue weighted by Gasteiger charge is -2.15. The van der Waals surface area contributed by atoms with Crippen molar-refractivity contribution in [1.82, 2.24) is 15.0 Å². The van der Waals surface area contributed by atoms with Gasteiger partial charge in [0.05, 0.1) is 16.3 Å². The molecule has 7 heteroatoms. The summed E-state index contributed by atoms with van der Waals surface area (Å²) in [5.74, 6) is 0.0996. The molecule has 1 N–H and O–H groups in total. The molecule has 0 radical (unpaired) electrons. The summed E-state index contributed by atoms with van der Waals surface area (Å²) in [4.78, 5) is 16.6. The Morgan fingerprint density at radius 2 is 1.79 bits per heavy atom. The number of hydrogen-bond donors (Lipinski definition) is 1. The Kier molecular flexibility index (Phi) is 5.22. The van der Waals surface area contributed by atoms with Gasteiger partial charge in [-0.3, -0.25) is 0 Å². The number of thiazole rings is 1. The molecule has 0 bridgehead atoms. The predicted molar refractivity (Wildman–Crippen MR) is 117 cm³/mol. The smallest absolute Gasteiger partial charge is 0.227 e. The van der Waals surface area contributed by atoms with Gasteiger partial charge >= 0.3 is 0 Å². The van der Waals surface area contributed by atoms with Crippen LogP contribution in [0, 0.1) is 19.7 Å². The van der Waals surface area contributed by atoms with Crippen molar-refractivity contribution in [3.8, 4) is 10.6 Å². The molecule has 0 spiro atoms. The average Bonchev–Trinajstić information content (AvgIpc) is 3.10. The fourth-order valence-electron chi connectivity index (χ4n) is 2.88. The molecular formula is C22H20FN5S. The summed E-state index contributed by atoms with van der Waals surface area (Å²) < 4.78 is 13.4. The van der Waals surface area contributed by atoms with Crippen LogP contribution in [0.5, 0.6) is 0 Å². The van der Waals surface area contributed by atoms with E-state index in [-0.39, 0.29) is 5.82 Å². The minimum atomic E-state index is -0.312. The zero-order chi connectivity index (χ0) is 20.4. The van der Waals surface area contributed by atoms with Crippen molar-refractivity contribution in [2.45, 2.75) is 13.8 Å². The van der Waals surface area contributed by atoms with E-state index < -0.39 is 0 Å². The van der Waals surface area contributed by atoms with E-state index in [0.717, 1.165) is 27.1 Å². The topological polar surface area (TPSA) is 53.9 Å². The number of aromatic nitrogens is 3. The maximum absolute atomic E-state index is 13.4. The molecule has 0 saturated carbocycles. The normalized spacial score (nSPS) is 10.8. The molecule has 0 amide bonds. The molecule has 4 rings (SSSR count). The minimum absolute atomic E-state index is 0.312. The highest BCUT2D eigenvalue weighted by molar-refractivity contribution is 7.19. The van der Waals surface area contributed by atoms with Crippen LogP contribution in [0.4, 0.5) is 26.8 Å². The van der Waals surface area contributed by atoms with E-state index >= 15 is 0 Å². The van der Waals surface area contributed by atoms with Crippen molar-refractivity contribution in [3.63, 3.8) is 0 Å². The molecule has 0 unspecified atom stereocenters. The standard InChI is InChI=1S/C22H20FN5S/c1-14-7-9-18(10-8-14)28(3)22-25-15(2)20(29-22)19-11-12-24-21(27-19)26-17-6-4-5-16(23)13-17/h4-13H,1-3H3,(H,24,26,27). The summed E-state index contributed by atoms with van der Waals surface area (Å²) in [6.07, 6.45) is 1.69. The van der Waals surface area contributed by atoms with Gasteiger partial charge in [-0.15, -0.1) is 0 Å². The quantitative estimate of drug-likeness (QED) is 0.450. The average molecular weight is 406 g/mol. The lowest BCUT2D eigenvalue weighted by Crippen LogP contribution is -2.08. The highest BCUT2D eigenvalue weighted by Gasteiger charge is 2.15. The van der Waals surface area contributed by atoms with Crippen molar-refractivity contribution < 1.29 is 4.39 Å². The van der Waals surface area contributed by atoms with Crippen LogP contribution < -0.4 is 10.2 Å². The van der Waals surface area contributed by atoms with E-state index in [2.05, 4.69) is 51.4 Å². The van der Waals surface area contributed by atoms with Crippen molar-refractivity contribution in [2.75, 3.05) is 17.3 Å². The van der Waals surface area contributed by atoms with Gasteiger partial charge < -0.3 is 10.2 Å². The molecular weight excluding hydrogens is 385 g/mol. The van der Waals surface area contributed by atoms with E-state index in [0.29, 0.717) is 11.6 Å². The molecule has 5 nitrogen and oxygen atoms in total. The highest BCUT2D eigenvalue weighted by atomic mass is 32.1. The molecule has 2 aromatic carbocycles. The largest absolute Gasteiger partial charge is 0.324 e. The van der Waals surface area contributed by atoms with Crippen LogP contribution in [0.3, 0.4) is 0 Å². The number of hydrogen-bond acceptors (Lipinski definition) is 6. The number of aryl methyl sites for hydroxylation is 2. The Morgan fingerprint density at radius 1 is 1.00 bits per heavy atom. The number of nitrogens with one attached hydrogen (secondary N) is 1. The second-order valence-corrected chi connectivity index (χ2v) is 7.68. The van der Waals surface area contributed by atoms with Gasteiger partial charge in [-0.2, -0.15) is 0 Å². The van der Waals surface area contributed by atoms with Gasteiger partial charge in [0.15, 0.2) is 5.13 Å². The summed E-state index contributed by atoms with van der Waals surface area (Å²) in [7, 11) is 2.00. The van der Waals surface area contributed by atoms with E-state index in [9.17, 15) is 4.39 Å². The Hall–Kier alpha value is -3.32. The van der Waals surface area contributed by atoms with E-state index in [1.807, 2.05) is 20.0 Å². The third kappa shape index (κ3) is 4.25. The van der Waals surface area contributed by atoms with Crippen molar-refractivity contribution >= 4 is 33.8 Å². The monoisotopic (exact) mass is 405 g/mol. The van der Waals surface area contributed by atoms with Crippen LogP contribution in [-0.2, 0) is 0 Å². The summed E-state index contributed by atoms with van der Waals surface area (Å²) in [5, 5.41) is 3.94. The van der Waals surface area contributed by atoms with Crippen LogP contribution in [0.1, 0.15) is 11.3 Å². The number of rotatable bonds is 5. The molecule has 2 aromatic heterocycles. The molecule has 4 aromatic rings. The second-order valence-electron chi connectivity index (χ2n) is 6.71. The van der Waals surface area contributed by atoms with E-state index in [4.69, 9.17) is 4.98 Å². The summed E-state index contributed by atoms with van der Waals surface area (Å²) in [5.41, 5.74) is 4.57. The number of benzene rings is 2. The van der Waals surface area contributed by atoms with Crippen LogP contribution in [-0.4, -0.2) is 22.0 Å². The maximum Gasteiger partial charge on any atom is 0.227 e. The van der Waals surface area contributed by atoms with Gasteiger partial charge in [0, 0.05) is 24.6 Å². The fourth-order valence-corrected chi connectivity index (χ4v) is 3.90. The van der Waals surface area contributed by atoms with Crippen molar-refractivity contribution in [1.29, 1.82) is 0 Å². The van der Waals surface area contributed by atoms with E-state index in [1.54, 1.807) is 29.7 Å². The van der Waals surface area contributed by atoms with Gasteiger partial charge in [-0.25, -0.2) is 19.3 Å². The summed E-state index contributed by atoms with van der Waals surface area (Å²) >= 11 is 1.57. The third-order valence-electron chi connectivity index (χ3n) is 4.46. The molecule has 0 saturated heterocycles. The lowest BCUT2D eigenvalue weighted by molar-refractivity contribution is 0.628. The molecule has 2 heterocycles. The second kappa shape index (κ2) is 7.97. The molecule has 0 aliphatic heterocycles. The first-order valence-corrected chi connectivity index (χ1v) is 9.95. The Balaban J connectivity index is 1.61. The molecule has 0 aliphatic rings. The molecule has 0 aliphatic carbocycles. The van der Waals surface area contributed by atoms with Crippen LogP contribution >= 0.6 is 11.3 Å². The molecule has 146 valence electrons. The lowest BCUT2D eigenvalue weighted by atomic mass is 10.2. The van der Waals surface area contributed by atoms with E-state index in [1.165, 1.54) is 17.7 Å². The van der Waals surface area contributed by atoms with Crippen LogP contribution in [0.2, 0.25) is 0 Å². The van der Waals surface area contributed by atoms with Gasteiger partial charge in [-0.1, -0.05) is 35.1 Å². The first-order chi connectivity index (χ1) is 14.0. The molecule has 0 atom stereocenters. The zero-order valence-corrected chi connectivity index (χ0v) is 17.2. The zero-order valence-electron chi connectivity index (χ0n) is 16.3. The van der Waals surface area contributed by atoms with Gasteiger partial charge in [0.25, 0.3) is 0 Å². The first-order valence-electron chi connectivity index (χ1n) is 9.13. The van der Waals surface area contributed by atoms with Crippen LogP contribution in [0.15, 0.2) is 60.8 Å². The third-order valence-corrected chi connectivity index (χ3v) is 5.72. The molecule has 29 heavy (non-hydrogen) atoms. The Bertz CT molecular complexity index is 1140. The van der Waals surface area contributed by atoms with Crippen molar-refractivity contribution in [2.24, 2.45) is 0 Å². The Labute approximate surface area is 172 Å². The summed E-state index contributed by atoms with van der Waals surface area (Å²) in [6, 6.07) is 16.4. The number of anilines is 4. The van der Waals surface area contributed by atoms with Gasteiger partial charge in [0.1, 0.15) is 5.82 Å². The van der Waals surface area contributed by atoms with Gasteiger partial charge in [-0.05, 0) is 50.2 Å². The summed E-state index contributed by atoms with van der Waals surface area (Å²) in [6.45, 7) is 4.04. The highest BCUT2D eigenvalue weighted by Crippen LogP contribution is 2.36. The predicted octanol–water partition coefficient (Wildman–Crippen LogP) is 5.87. The SMILES string of the molecule is Cc1ccc(N(C)c2nc(C)c(-c3ccnc(Nc4cccc(F)c4)n3)s2)cc1. The van der Waals surface area contributed by atoms with Crippen molar-refractivity contribution in [3.05, 3.63) is 77.9 Å². The Morgan fingerprint density at radius 3 is 2.55 bits per heavy atom. The first kappa shape index (κ1) is 19.0. The molecule has 0 fully saturated rings. The minimum Gasteiger partial charge on any atom is -0.324 e. The fraction of sp³-hybridized carbons (Fsp3) is 0.136. The maximum atomic E-state index is 13.4. The number of halogens is 1. The number of nitrogens with zero attached hydrogens (tertiary/aromatic N) is 4. The van der Waals surface area contributed by atoms with Crippen LogP contribution in [0.25, 0.3) is 10.6 Å². The van der Waals surface area contributed by atoms with Gasteiger partial charge in [0.2, 0.25) is 5.95 Å².